The van der Waals surface area contributed by atoms with Gasteiger partial charge in [0.25, 0.3) is 0 Å². The van der Waals surface area contributed by atoms with Gasteiger partial charge in [-0.15, -0.1) is 0 Å². The maximum atomic E-state index is 13.4. The van der Waals surface area contributed by atoms with Crippen molar-refractivity contribution in [3.05, 3.63) is 29.6 Å². The number of carbonyl (C=O) groups excluding carboxylic acids is 1. The van der Waals surface area contributed by atoms with E-state index in [4.69, 9.17) is 0 Å². The molecule has 0 fully saturated rings. The fraction of sp³-hybridized carbons (Fsp3) is 0.562. The van der Waals surface area contributed by atoms with Gasteiger partial charge in [-0.05, 0) is 57.9 Å². The van der Waals surface area contributed by atoms with Gasteiger partial charge in [-0.2, -0.15) is 0 Å². The number of halogens is 1. The summed E-state index contributed by atoms with van der Waals surface area (Å²) < 4.78 is 13.4. The normalized spacial score (nSPS) is 15.4. The summed E-state index contributed by atoms with van der Waals surface area (Å²) >= 11 is 0. The van der Waals surface area contributed by atoms with Gasteiger partial charge in [0.15, 0.2) is 0 Å². The lowest BCUT2D eigenvalue weighted by Crippen LogP contribution is -2.40. The quantitative estimate of drug-likeness (QED) is 0.859. The van der Waals surface area contributed by atoms with Crippen LogP contribution in [0, 0.1) is 5.82 Å². The molecule has 0 spiro atoms. The number of anilines is 1. The molecule has 1 aliphatic heterocycles. The zero-order valence-corrected chi connectivity index (χ0v) is 12.5. The minimum Gasteiger partial charge on any atom is -0.312 e. The molecule has 0 radical (unpaired) electrons. The van der Waals surface area contributed by atoms with Crippen molar-refractivity contribution in [2.45, 2.75) is 45.6 Å². The summed E-state index contributed by atoms with van der Waals surface area (Å²) in [6, 6.07) is 4.73. The Kier molecular flexibility index (Phi) is 4.43. The summed E-state index contributed by atoms with van der Waals surface area (Å²) in [7, 11) is 0. The van der Waals surface area contributed by atoms with Crippen LogP contribution in [0.3, 0.4) is 0 Å². The number of carbonyl (C=O) groups is 1. The first kappa shape index (κ1) is 15.0. The van der Waals surface area contributed by atoms with Crippen molar-refractivity contribution in [2.24, 2.45) is 0 Å². The van der Waals surface area contributed by atoms with E-state index in [1.165, 1.54) is 12.1 Å². The van der Waals surface area contributed by atoms with Gasteiger partial charge in [0, 0.05) is 24.2 Å². The summed E-state index contributed by atoms with van der Waals surface area (Å²) in [5, 5.41) is 3.40. The Morgan fingerprint density at radius 2 is 2.05 bits per heavy atom. The van der Waals surface area contributed by atoms with Crippen LogP contribution in [0.2, 0.25) is 0 Å². The van der Waals surface area contributed by atoms with Crippen LogP contribution in [0.25, 0.3) is 0 Å². The summed E-state index contributed by atoms with van der Waals surface area (Å²) in [6.45, 7) is 7.83. The number of rotatable bonds is 4. The standard InChI is InChI=1S/C16H23FN2O/c1-16(2,3)18-9-4-10-19-14-11-13(17)7-5-12(14)6-8-15(19)20/h5,7,11,18H,4,6,8-10H2,1-3H3. The van der Waals surface area contributed by atoms with E-state index >= 15 is 0 Å². The molecule has 4 heteroatoms. The highest BCUT2D eigenvalue weighted by atomic mass is 19.1. The summed E-state index contributed by atoms with van der Waals surface area (Å²) in [6.07, 6.45) is 2.09. The van der Waals surface area contributed by atoms with Crippen molar-refractivity contribution in [2.75, 3.05) is 18.0 Å². The third-order valence-corrected chi connectivity index (χ3v) is 3.46. The number of nitrogens with zero attached hydrogens (tertiary/aromatic N) is 1. The first-order valence-electron chi connectivity index (χ1n) is 7.21. The molecule has 2 rings (SSSR count). The second kappa shape index (κ2) is 5.92. The van der Waals surface area contributed by atoms with Crippen molar-refractivity contribution < 1.29 is 9.18 Å². The maximum absolute atomic E-state index is 13.4. The molecule has 0 saturated carbocycles. The van der Waals surface area contributed by atoms with E-state index in [2.05, 4.69) is 26.1 Å². The predicted octanol–water partition coefficient (Wildman–Crippen LogP) is 2.88. The zero-order valence-electron chi connectivity index (χ0n) is 12.5. The third kappa shape index (κ3) is 3.79. The average molecular weight is 278 g/mol. The number of nitrogens with one attached hydrogen (secondary N) is 1. The minimum atomic E-state index is -0.281. The van der Waals surface area contributed by atoms with Crippen molar-refractivity contribution in [3.8, 4) is 0 Å². The van der Waals surface area contributed by atoms with Crippen molar-refractivity contribution in [3.63, 3.8) is 0 Å². The number of hydrogen-bond donors (Lipinski definition) is 1. The third-order valence-electron chi connectivity index (χ3n) is 3.46. The number of fused-ring (bicyclic) bond motifs is 1. The van der Waals surface area contributed by atoms with E-state index in [9.17, 15) is 9.18 Å². The van der Waals surface area contributed by atoms with Gasteiger partial charge in [-0.25, -0.2) is 4.39 Å². The molecule has 3 nitrogen and oxygen atoms in total. The predicted molar refractivity (Wildman–Crippen MR) is 79.4 cm³/mol. The Balaban J connectivity index is 2.01. The lowest BCUT2D eigenvalue weighted by atomic mass is 10.0. The van der Waals surface area contributed by atoms with Gasteiger partial charge < -0.3 is 10.2 Å². The molecule has 20 heavy (non-hydrogen) atoms. The van der Waals surface area contributed by atoms with Gasteiger partial charge in [-0.1, -0.05) is 6.07 Å². The summed E-state index contributed by atoms with van der Waals surface area (Å²) in [5.41, 5.74) is 1.89. The highest BCUT2D eigenvalue weighted by Crippen LogP contribution is 2.28. The van der Waals surface area contributed by atoms with E-state index in [1.807, 2.05) is 0 Å². The van der Waals surface area contributed by atoms with Crippen LogP contribution in [0.5, 0.6) is 0 Å². The first-order chi connectivity index (χ1) is 9.37. The molecule has 0 atom stereocenters. The number of aryl methyl sites for hydroxylation is 1. The summed E-state index contributed by atoms with van der Waals surface area (Å²) in [4.78, 5) is 13.8. The average Bonchev–Trinajstić information content (AvgIpc) is 2.35. The van der Waals surface area contributed by atoms with Crippen molar-refractivity contribution in [1.29, 1.82) is 0 Å². The molecule has 0 aromatic heterocycles. The molecular formula is C16H23FN2O. The number of amides is 1. The Labute approximate surface area is 120 Å². The number of hydrogen-bond acceptors (Lipinski definition) is 2. The molecule has 0 bridgehead atoms. The molecule has 1 aromatic carbocycles. The Hall–Kier alpha value is -1.42. The molecule has 1 N–H and O–H groups in total. The Morgan fingerprint density at radius 1 is 1.30 bits per heavy atom. The lowest BCUT2D eigenvalue weighted by molar-refractivity contribution is -0.118. The molecule has 110 valence electrons. The molecule has 0 aliphatic carbocycles. The van der Waals surface area contributed by atoms with Crippen molar-refractivity contribution >= 4 is 11.6 Å². The van der Waals surface area contributed by atoms with Crippen LogP contribution in [0.4, 0.5) is 10.1 Å². The molecule has 0 saturated heterocycles. The first-order valence-corrected chi connectivity index (χ1v) is 7.21. The van der Waals surface area contributed by atoms with E-state index in [1.54, 1.807) is 11.0 Å². The number of benzene rings is 1. The van der Waals surface area contributed by atoms with E-state index in [0.29, 0.717) is 19.4 Å². The van der Waals surface area contributed by atoms with Gasteiger partial charge in [0.1, 0.15) is 5.82 Å². The molecule has 1 heterocycles. The largest absolute Gasteiger partial charge is 0.312 e. The summed E-state index contributed by atoms with van der Waals surface area (Å²) in [5.74, 6) is -0.185. The van der Waals surface area contributed by atoms with Crippen LogP contribution < -0.4 is 10.2 Å². The lowest BCUT2D eigenvalue weighted by Gasteiger charge is -2.30. The Morgan fingerprint density at radius 3 is 2.75 bits per heavy atom. The maximum Gasteiger partial charge on any atom is 0.227 e. The van der Waals surface area contributed by atoms with E-state index in [0.717, 1.165) is 24.2 Å². The monoisotopic (exact) mass is 278 g/mol. The fourth-order valence-corrected chi connectivity index (χ4v) is 2.46. The Bertz CT molecular complexity index is 494. The van der Waals surface area contributed by atoms with Crippen LogP contribution in [0.1, 0.15) is 39.2 Å². The topological polar surface area (TPSA) is 32.3 Å². The highest BCUT2D eigenvalue weighted by Gasteiger charge is 2.24. The van der Waals surface area contributed by atoms with Crippen LogP contribution in [-0.4, -0.2) is 24.5 Å². The second-order valence-corrected chi connectivity index (χ2v) is 6.35. The SMILES string of the molecule is CC(C)(C)NCCCN1C(=O)CCc2ccc(F)cc21. The van der Waals surface area contributed by atoms with E-state index in [-0.39, 0.29) is 17.3 Å². The van der Waals surface area contributed by atoms with Crippen molar-refractivity contribution in [1.82, 2.24) is 5.32 Å². The highest BCUT2D eigenvalue weighted by molar-refractivity contribution is 5.96. The smallest absolute Gasteiger partial charge is 0.227 e. The van der Waals surface area contributed by atoms with Crippen LogP contribution >= 0.6 is 0 Å². The molecule has 0 unspecified atom stereocenters. The van der Waals surface area contributed by atoms with Gasteiger partial charge in [-0.3, -0.25) is 4.79 Å². The van der Waals surface area contributed by atoms with Crippen LogP contribution in [0.15, 0.2) is 18.2 Å². The van der Waals surface area contributed by atoms with E-state index < -0.39 is 0 Å². The van der Waals surface area contributed by atoms with Gasteiger partial charge in [0.2, 0.25) is 5.91 Å². The fourth-order valence-electron chi connectivity index (χ4n) is 2.46. The second-order valence-electron chi connectivity index (χ2n) is 6.35. The molecular weight excluding hydrogens is 255 g/mol. The zero-order chi connectivity index (χ0) is 14.8. The molecule has 1 aliphatic rings. The molecule has 1 aromatic rings. The minimum absolute atomic E-state index is 0.0793. The van der Waals surface area contributed by atoms with Gasteiger partial charge >= 0.3 is 0 Å². The van der Waals surface area contributed by atoms with Crippen LogP contribution in [-0.2, 0) is 11.2 Å². The molecule has 1 amide bonds. The van der Waals surface area contributed by atoms with Gasteiger partial charge in [0.05, 0.1) is 0 Å².